The standard InChI is InChI=1S/C24H23N5O2/c1-3-8-20-21(17-10-7-13-25-15-17)23(27-19-12-5-4-11-18(19)24(30)31)29(28-20)22-16(2)9-6-14-26-22/h4-7,9-15,27H,3,8H2,1-2H3,(H,30,31). The van der Waals surface area contributed by atoms with Gasteiger partial charge in [-0.05, 0) is 43.2 Å². The Bertz CT molecular complexity index is 1220. The van der Waals surface area contributed by atoms with E-state index in [2.05, 4.69) is 22.2 Å². The van der Waals surface area contributed by atoms with Crippen molar-refractivity contribution in [2.45, 2.75) is 26.7 Å². The molecule has 0 aliphatic rings. The number of aromatic nitrogens is 4. The van der Waals surface area contributed by atoms with Crippen LogP contribution in [0.4, 0.5) is 11.5 Å². The molecule has 1 aromatic carbocycles. The average molecular weight is 413 g/mol. The smallest absolute Gasteiger partial charge is 0.337 e. The first-order valence-corrected chi connectivity index (χ1v) is 10.1. The zero-order valence-electron chi connectivity index (χ0n) is 17.4. The lowest BCUT2D eigenvalue weighted by atomic mass is 10.0. The molecule has 0 fully saturated rings. The minimum Gasteiger partial charge on any atom is -0.478 e. The van der Waals surface area contributed by atoms with Crippen LogP contribution in [-0.4, -0.2) is 30.8 Å². The summed E-state index contributed by atoms with van der Waals surface area (Å²) in [6, 6.07) is 14.5. The number of carboxylic acid groups (broad SMARTS) is 1. The Morgan fingerprint density at radius 3 is 2.61 bits per heavy atom. The van der Waals surface area contributed by atoms with Gasteiger partial charge in [0.05, 0.1) is 16.9 Å². The molecule has 0 amide bonds. The number of para-hydroxylation sites is 1. The monoisotopic (exact) mass is 413 g/mol. The minimum atomic E-state index is -1.00. The lowest BCUT2D eigenvalue weighted by Crippen LogP contribution is -2.09. The van der Waals surface area contributed by atoms with Crippen LogP contribution < -0.4 is 5.32 Å². The van der Waals surface area contributed by atoms with Gasteiger partial charge in [0, 0.05) is 29.7 Å². The van der Waals surface area contributed by atoms with E-state index in [1.807, 2.05) is 31.2 Å². The van der Waals surface area contributed by atoms with Gasteiger partial charge in [-0.3, -0.25) is 4.98 Å². The molecule has 0 radical (unpaired) electrons. The zero-order chi connectivity index (χ0) is 21.8. The molecule has 0 spiro atoms. The first-order valence-electron chi connectivity index (χ1n) is 10.1. The molecule has 0 bridgehead atoms. The summed E-state index contributed by atoms with van der Waals surface area (Å²) in [6.07, 6.45) is 6.92. The van der Waals surface area contributed by atoms with Crippen LogP contribution in [0.1, 0.15) is 35.0 Å². The number of hydrogen-bond donors (Lipinski definition) is 2. The van der Waals surface area contributed by atoms with Crippen molar-refractivity contribution >= 4 is 17.5 Å². The number of aromatic carboxylic acids is 1. The van der Waals surface area contributed by atoms with Crippen molar-refractivity contribution in [2.24, 2.45) is 0 Å². The Morgan fingerprint density at radius 1 is 1.10 bits per heavy atom. The van der Waals surface area contributed by atoms with Crippen molar-refractivity contribution < 1.29 is 9.90 Å². The third-order valence-corrected chi connectivity index (χ3v) is 4.99. The fraction of sp³-hybridized carbons (Fsp3) is 0.167. The largest absolute Gasteiger partial charge is 0.478 e. The summed E-state index contributed by atoms with van der Waals surface area (Å²) in [7, 11) is 0. The van der Waals surface area contributed by atoms with E-state index < -0.39 is 5.97 Å². The Labute approximate surface area is 180 Å². The van der Waals surface area contributed by atoms with Crippen LogP contribution in [0.5, 0.6) is 0 Å². The number of hydrogen-bond acceptors (Lipinski definition) is 5. The molecule has 0 saturated heterocycles. The number of carboxylic acids is 1. The van der Waals surface area contributed by atoms with E-state index in [1.54, 1.807) is 47.5 Å². The molecule has 7 nitrogen and oxygen atoms in total. The molecule has 0 unspecified atom stereocenters. The number of nitrogens with one attached hydrogen (secondary N) is 1. The molecule has 4 rings (SSSR count). The van der Waals surface area contributed by atoms with Crippen LogP contribution in [0.15, 0.2) is 67.1 Å². The molecule has 7 heteroatoms. The summed E-state index contributed by atoms with van der Waals surface area (Å²) >= 11 is 0. The molecule has 4 aromatic rings. The summed E-state index contributed by atoms with van der Waals surface area (Å²) in [5.74, 6) is 0.345. The molecule has 0 saturated carbocycles. The van der Waals surface area contributed by atoms with Gasteiger partial charge in [-0.25, -0.2) is 9.78 Å². The third kappa shape index (κ3) is 4.02. The van der Waals surface area contributed by atoms with Gasteiger partial charge in [0.2, 0.25) is 0 Å². The van der Waals surface area contributed by atoms with Gasteiger partial charge >= 0.3 is 5.97 Å². The van der Waals surface area contributed by atoms with E-state index >= 15 is 0 Å². The maximum absolute atomic E-state index is 11.8. The number of anilines is 2. The van der Waals surface area contributed by atoms with Crippen LogP contribution in [-0.2, 0) is 6.42 Å². The Morgan fingerprint density at radius 2 is 1.90 bits per heavy atom. The molecular formula is C24H23N5O2. The second-order valence-electron chi connectivity index (χ2n) is 7.19. The number of rotatable bonds is 7. The van der Waals surface area contributed by atoms with Gasteiger partial charge in [-0.15, -0.1) is 0 Å². The van der Waals surface area contributed by atoms with Gasteiger partial charge in [-0.1, -0.05) is 37.6 Å². The molecule has 156 valence electrons. The fourth-order valence-electron chi connectivity index (χ4n) is 3.56. The summed E-state index contributed by atoms with van der Waals surface area (Å²) in [5.41, 5.74) is 4.32. The van der Waals surface area contributed by atoms with Crippen LogP contribution in [0, 0.1) is 6.92 Å². The number of nitrogens with zero attached hydrogens (tertiary/aromatic N) is 4. The lowest BCUT2D eigenvalue weighted by Gasteiger charge is -2.14. The fourth-order valence-corrected chi connectivity index (χ4v) is 3.56. The van der Waals surface area contributed by atoms with Crippen LogP contribution >= 0.6 is 0 Å². The van der Waals surface area contributed by atoms with Crippen molar-refractivity contribution in [1.29, 1.82) is 0 Å². The molecule has 0 aliphatic carbocycles. The maximum Gasteiger partial charge on any atom is 0.337 e. The first kappa shape index (κ1) is 20.3. The van der Waals surface area contributed by atoms with Gasteiger partial charge in [0.25, 0.3) is 0 Å². The van der Waals surface area contributed by atoms with E-state index in [9.17, 15) is 9.90 Å². The summed E-state index contributed by atoms with van der Waals surface area (Å²) in [5, 5.41) is 17.9. The quantitative estimate of drug-likeness (QED) is 0.441. The molecule has 3 heterocycles. The topological polar surface area (TPSA) is 92.9 Å². The normalized spacial score (nSPS) is 10.8. The number of pyridine rings is 2. The highest BCUT2D eigenvalue weighted by atomic mass is 16.4. The highest BCUT2D eigenvalue weighted by molar-refractivity contribution is 5.96. The van der Waals surface area contributed by atoms with Crippen LogP contribution in [0.3, 0.4) is 0 Å². The van der Waals surface area contributed by atoms with Gasteiger partial charge < -0.3 is 10.4 Å². The van der Waals surface area contributed by atoms with E-state index in [0.717, 1.165) is 35.2 Å². The first-order chi connectivity index (χ1) is 15.1. The van der Waals surface area contributed by atoms with Crippen LogP contribution in [0.2, 0.25) is 0 Å². The number of carbonyl (C=O) groups is 1. The van der Waals surface area contributed by atoms with Crippen molar-refractivity contribution in [2.75, 3.05) is 5.32 Å². The SMILES string of the molecule is CCCc1nn(-c2ncccc2C)c(Nc2ccccc2C(=O)O)c1-c1cccnc1. The van der Waals surface area contributed by atoms with E-state index in [0.29, 0.717) is 17.3 Å². The van der Waals surface area contributed by atoms with Gasteiger partial charge in [0.15, 0.2) is 5.82 Å². The van der Waals surface area contributed by atoms with Gasteiger partial charge in [-0.2, -0.15) is 9.78 Å². The third-order valence-electron chi connectivity index (χ3n) is 4.99. The number of aryl methyl sites for hydroxylation is 2. The molecule has 31 heavy (non-hydrogen) atoms. The highest BCUT2D eigenvalue weighted by Crippen LogP contribution is 2.36. The average Bonchev–Trinajstić information content (AvgIpc) is 3.12. The molecule has 0 aliphatic heterocycles. The lowest BCUT2D eigenvalue weighted by molar-refractivity contribution is 0.0698. The van der Waals surface area contributed by atoms with E-state index in [4.69, 9.17) is 5.10 Å². The van der Waals surface area contributed by atoms with Crippen molar-refractivity contribution in [3.63, 3.8) is 0 Å². The maximum atomic E-state index is 11.8. The summed E-state index contributed by atoms with van der Waals surface area (Å²) < 4.78 is 1.77. The Balaban J connectivity index is 1.99. The van der Waals surface area contributed by atoms with Crippen LogP contribution in [0.25, 0.3) is 16.9 Å². The summed E-state index contributed by atoms with van der Waals surface area (Å²) in [6.45, 7) is 4.08. The van der Waals surface area contributed by atoms with E-state index in [1.165, 1.54) is 0 Å². The predicted molar refractivity (Wildman–Crippen MR) is 120 cm³/mol. The zero-order valence-corrected chi connectivity index (χ0v) is 17.4. The van der Waals surface area contributed by atoms with Crippen molar-refractivity contribution in [3.05, 3.63) is 83.9 Å². The molecule has 0 atom stereocenters. The highest BCUT2D eigenvalue weighted by Gasteiger charge is 2.23. The molecule has 2 N–H and O–H groups in total. The van der Waals surface area contributed by atoms with E-state index in [-0.39, 0.29) is 5.56 Å². The minimum absolute atomic E-state index is 0.183. The Kier molecular flexibility index (Phi) is 5.75. The second kappa shape index (κ2) is 8.79. The van der Waals surface area contributed by atoms with Crippen molar-refractivity contribution in [1.82, 2.24) is 19.7 Å². The Hall–Kier alpha value is -4.00. The predicted octanol–water partition coefficient (Wildman–Crippen LogP) is 5.03. The van der Waals surface area contributed by atoms with Gasteiger partial charge in [0.1, 0.15) is 5.82 Å². The van der Waals surface area contributed by atoms with Crippen molar-refractivity contribution in [3.8, 4) is 16.9 Å². The molecular weight excluding hydrogens is 390 g/mol. The number of benzene rings is 1. The summed E-state index contributed by atoms with van der Waals surface area (Å²) in [4.78, 5) is 20.6. The second-order valence-corrected chi connectivity index (χ2v) is 7.19. The molecule has 3 aromatic heterocycles.